The Morgan fingerprint density at radius 3 is 2.53 bits per heavy atom. The summed E-state index contributed by atoms with van der Waals surface area (Å²) in [6.07, 6.45) is 0. The molecular formula is C15H16ClFN2. The van der Waals surface area contributed by atoms with E-state index in [1.807, 2.05) is 17.9 Å². The van der Waals surface area contributed by atoms with Crippen LogP contribution in [-0.4, -0.2) is 6.54 Å². The molecule has 0 radical (unpaired) electrons. The number of hydrogen-bond acceptors (Lipinski definition) is 2. The highest BCUT2D eigenvalue weighted by Crippen LogP contribution is 2.27. The largest absolute Gasteiger partial charge is 0.398 e. The summed E-state index contributed by atoms with van der Waals surface area (Å²) in [6, 6.07) is 12.1. The Kier molecular flexibility index (Phi) is 4.27. The van der Waals surface area contributed by atoms with E-state index in [2.05, 4.69) is 0 Å². The molecule has 0 atom stereocenters. The van der Waals surface area contributed by atoms with Gasteiger partial charge >= 0.3 is 0 Å². The lowest BCUT2D eigenvalue weighted by Gasteiger charge is -2.24. The van der Waals surface area contributed by atoms with Crippen molar-refractivity contribution in [2.24, 2.45) is 0 Å². The number of nitrogen functional groups attached to an aromatic ring is 1. The summed E-state index contributed by atoms with van der Waals surface area (Å²) in [5.74, 6) is -0.241. The van der Waals surface area contributed by atoms with Crippen molar-refractivity contribution in [3.05, 3.63) is 58.9 Å². The number of rotatable bonds is 4. The van der Waals surface area contributed by atoms with Gasteiger partial charge in [0, 0.05) is 29.4 Å². The molecule has 0 aliphatic heterocycles. The monoisotopic (exact) mass is 278 g/mol. The van der Waals surface area contributed by atoms with Crippen molar-refractivity contribution in [1.82, 2.24) is 0 Å². The average molecular weight is 279 g/mol. The molecule has 0 saturated carbocycles. The van der Waals surface area contributed by atoms with Gasteiger partial charge in [0.15, 0.2) is 0 Å². The summed E-state index contributed by atoms with van der Waals surface area (Å²) in [5.41, 5.74) is 7.95. The highest BCUT2D eigenvalue weighted by atomic mass is 35.5. The van der Waals surface area contributed by atoms with E-state index >= 15 is 0 Å². The second kappa shape index (κ2) is 5.93. The molecule has 2 nitrogen and oxygen atoms in total. The van der Waals surface area contributed by atoms with E-state index in [0.29, 0.717) is 29.5 Å². The first-order valence-electron chi connectivity index (χ1n) is 6.15. The van der Waals surface area contributed by atoms with Gasteiger partial charge in [0.05, 0.1) is 5.69 Å². The number of nitrogens with two attached hydrogens (primary N) is 1. The molecule has 0 saturated heterocycles. The van der Waals surface area contributed by atoms with Crippen molar-refractivity contribution in [2.45, 2.75) is 13.5 Å². The Bertz CT molecular complexity index is 552. The van der Waals surface area contributed by atoms with Crippen LogP contribution in [0.5, 0.6) is 0 Å². The first kappa shape index (κ1) is 13.7. The third kappa shape index (κ3) is 2.99. The van der Waals surface area contributed by atoms with E-state index in [0.717, 1.165) is 5.56 Å². The molecule has 100 valence electrons. The second-order valence-corrected chi connectivity index (χ2v) is 4.68. The van der Waals surface area contributed by atoms with Crippen molar-refractivity contribution in [3.8, 4) is 0 Å². The van der Waals surface area contributed by atoms with Crippen LogP contribution < -0.4 is 10.6 Å². The fourth-order valence-corrected chi connectivity index (χ4v) is 2.25. The first-order chi connectivity index (χ1) is 9.13. The van der Waals surface area contributed by atoms with Crippen LogP contribution in [0.1, 0.15) is 12.5 Å². The zero-order valence-electron chi connectivity index (χ0n) is 10.7. The van der Waals surface area contributed by atoms with Crippen molar-refractivity contribution in [2.75, 3.05) is 17.2 Å². The van der Waals surface area contributed by atoms with Gasteiger partial charge < -0.3 is 10.6 Å². The van der Waals surface area contributed by atoms with Crippen molar-refractivity contribution in [1.29, 1.82) is 0 Å². The molecule has 0 heterocycles. The quantitative estimate of drug-likeness (QED) is 0.854. The van der Waals surface area contributed by atoms with E-state index in [-0.39, 0.29) is 5.82 Å². The number of halogens is 2. The summed E-state index contributed by atoms with van der Waals surface area (Å²) < 4.78 is 13.8. The lowest BCUT2D eigenvalue weighted by molar-refractivity contribution is 0.618. The lowest BCUT2D eigenvalue weighted by atomic mass is 10.1. The second-order valence-electron chi connectivity index (χ2n) is 4.27. The van der Waals surface area contributed by atoms with Gasteiger partial charge in [-0.05, 0) is 31.2 Å². The molecule has 2 aromatic rings. The maximum atomic E-state index is 13.8. The summed E-state index contributed by atoms with van der Waals surface area (Å²) in [6.45, 7) is 3.13. The van der Waals surface area contributed by atoms with Gasteiger partial charge in [-0.2, -0.15) is 0 Å². The van der Waals surface area contributed by atoms with E-state index < -0.39 is 0 Å². The van der Waals surface area contributed by atoms with E-state index in [1.165, 1.54) is 6.07 Å². The Labute approximate surface area is 117 Å². The minimum atomic E-state index is -0.241. The normalized spacial score (nSPS) is 10.5. The molecule has 19 heavy (non-hydrogen) atoms. The third-order valence-electron chi connectivity index (χ3n) is 3.08. The molecule has 4 heteroatoms. The van der Waals surface area contributed by atoms with Crippen LogP contribution in [0.4, 0.5) is 15.8 Å². The molecule has 0 aliphatic rings. The lowest BCUT2D eigenvalue weighted by Crippen LogP contribution is -2.23. The van der Waals surface area contributed by atoms with Crippen LogP contribution in [0, 0.1) is 5.82 Å². The minimum Gasteiger partial charge on any atom is -0.398 e. The molecule has 0 spiro atoms. The first-order valence-corrected chi connectivity index (χ1v) is 6.53. The van der Waals surface area contributed by atoms with Crippen molar-refractivity contribution in [3.63, 3.8) is 0 Å². The van der Waals surface area contributed by atoms with Crippen LogP contribution in [0.15, 0.2) is 42.5 Å². The average Bonchev–Trinajstić information content (AvgIpc) is 2.40. The minimum absolute atomic E-state index is 0.241. The maximum Gasteiger partial charge on any atom is 0.146 e. The van der Waals surface area contributed by atoms with Crippen LogP contribution in [0.25, 0.3) is 0 Å². The summed E-state index contributed by atoms with van der Waals surface area (Å²) >= 11 is 6.16. The number of benzene rings is 2. The van der Waals surface area contributed by atoms with E-state index in [1.54, 1.807) is 30.3 Å². The Balaban J connectivity index is 2.32. The Morgan fingerprint density at radius 1 is 1.16 bits per heavy atom. The van der Waals surface area contributed by atoms with Crippen LogP contribution >= 0.6 is 11.6 Å². The van der Waals surface area contributed by atoms with E-state index in [9.17, 15) is 4.39 Å². The standard InChI is InChI=1S/C15H16ClFN2/c1-2-19(15-9-4-3-7-13(15)17)10-11-12(16)6-5-8-14(11)18/h3-9H,2,10,18H2,1H3. The molecule has 0 aromatic heterocycles. The smallest absolute Gasteiger partial charge is 0.146 e. The predicted octanol–water partition coefficient (Wildman–Crippen LogP) is 4.09. The summed E-state index contributed by atoms with van der Waals surface area (Å²) in [5, 5.41) is 0.606. The molecule has 0 fully saturated rings. The van der Waals surface area contributed by atoms with Gasteiger partial charge in [-0.15, -0.1) is 0 Å². The van der Waals surface area contributed by atoms with Crippen LogP contribution in [-0.2, 0) is 6.54 Å². The number of anilines is 2. The fraction of sp³-hybridized carbons (Fsp3) is 0.200. The highest BCUT2D eigenvalue weighted by Gasteiger charge is 2.13. The van der Waals surface area contributed by atoms with Gasteiger partial charge in [0.25, 0.3) is 0 Å². The zero-order chi connectivity index (χ0) is 13.8. The maximum absolute atomic E-state index is 13.8. The predicted molar refractivity (Wildman–Crippen MR) is 79.0 cm³/mol. The fourth-order valence-electron chi connectivity index (χ4n) is 2.01. The van der Waals surface area contributed by atoms with E-state index in [4.69, 9.17) is 17.3 Å². The zero-order valence-corrected chi connectivity index (χ0v) is 11.5. The van der Waals surface area contributed by atoms with Crippen LogP contribution in [0.3, 0.4) is 0 Å². The van der Waals surface area contributed by atoms with Gasteiger partial charge in [0.2, 0.25) is 0 Å². The molecule has 0 unspecified atom stereocenters. The molecule has 2 rings (SSSR count). The van der Waals surface area contributed by atoms with Gasteiger partial charge in [-0.25, -0.2) is 4.39 Å². The number of nitrogens with zero attached hydrogens (tertiary/aromatic N) is 1. The van der Waals surface area contributed by atoms with Crippen LogP contribution in [0.2, 0.25) is 5.02 Å². The molecule has 0 bridgehead atoms. The van der Waals surface area contributed by atoms with Gasteiger partial charge in [-0.1, -0.05) is 29.8 Å². The number of para-hydroxylation sites is 1. The SMILES string of the molecule is CCN(Cc1c(N)cccc1Cl)c1ccccc1F. The highest BCUT2D eigenvalue weighted by molar-refractivity contribution is 6.31. The van der Waals surface area contributed by atoms with Gasteiger partial charge in [0.1, 0.15) is 5.82 Å². The topological polar surface area (TPSA) is 29.3 Å². The molecule has 2 aromatic carbocycles. The summed E-state index contributed by atoms with van der Waals surface area (Å²) in [4.78, 5) is 1.91. The molecule has 0 aliphatic carbocycles. The van der Waals surface area contributed by atoms with Gasteiger partial charge in [-0.3, -0.25) is 0 Å². The molecule has 0 amide bonds. The number of hydrogen-bond donors (Lipinski definition) is 1. The Morgan fingerprint density at radius 2 is 1.89 bits per heavy atom. The molecule has 2 N–H and O–H groups in total. The van der Waals surface area contributed by atoms with Crippen molar-refractivity contribution < 1.29 is 4.39 Å². The summed E-state index contributed by atoms with van der Waals surface area (Å²) in [7, 11) is 0. The third-order valence-corrected chi connectivity index (χ3v) is 3.43. The molecular weight excluding hydrogens is 263 g/mol. The Hall–Kier alpha value is -1.74. The van der Waals surface area contributed by atoms with Crippen molar-refractivity contribution >= 4 is 23.0 Å².